The number of rotatable bonds is 4. The molecule has 4 heteroatoms. The second-order valence-corrected chi connectivity index (χ2v) is 7.56. The molecular weight excluding hydrogens is 256 g/mol. The van der Waals surface area contributed by atoms with Crippen molar-refractivity contribution in [3.63, 3.8) is 0 Å². The third kappa shape index (κ3) is 3.69. The fraction of sp³-hybridized carbons (Fsp3) is 0.400. The van der Waals surface area contributed by atoms with E-state index in [-0.39, 0.29) is 4.75 Å². The van der Waals surface area contributed by atoms with Crippen molar-refractivity contribution in [1.29, 1.82) is 0 Å². The minimum atomic E-state index is -1.01. The van der Waals surface area contributed by atoms with Crippen LogP contribution in [-0.4, -0.2) is 20.8 Å². The molecule has 1 heterocycles. The van der Waals surface area contributed by atoms with Crippen LogP contribution in [0.2, 0.25) is 0 Å². The molecule has 1 N–H and O–H groups in total. The molecule has 0 amide bonds. The van der Waals surface area contributed by atoms with Gasteiger partial charge in [0.25, 0.3) is 0 Å². The van der Waals surface area contributed by atoms with Crippen LogP contribution in [0.3, 0.4) is 0 Å². The molecule has 2 rings (SSSR count). The Hall–Kier alpha value is -1.10. The van der Waals surface area contributed by atoms with Crippen LogP contribution in [0.4, 0.5) is 0 Å². The first-order valence-corrected chi connectivity index (χ1v) is 7.61. The summed E-state index contributed by atoms with van der Waals surface area (Å²) in [7, 11) is 0. The molecular formula is C15H20N2OS. The van der Waals surface area contributed by atoms with Crippen LogP contribution in [-0.2, 0) is 17.8 Å². The van der Waals surface area contributed by atoms with E-state index in [1.807, 2.05) is 51.2 Å². The van der Waals surface area contributed by atoms with E-state index in [9.17, 15) is 4.55 Å². The van der Waals surface area contributed by atoms with Crippen LogP contribution in [0.1, 0.15) is 26.3 Å². The summed E-state index contributed by atoms with van der Waals surface area (Å²) in [6.45, 7) is 6.62. The Balaban J connectivity index is 2.03. The van der Waals surface area contributed by atoms with Crippen LogP contribution in [0.5, 0.6) is 0 Å². The van der Waals surface area contributed by atoms with Crippen LogP contribution in [0.15, 0.2) is 36.5 Å². The Bertz CT molecular complexity index is 546. The average molecular weight is 276 g/mol. The van der Waals surface area contributed by atoms with Crippen LogP contribution in [0, 0.1) is 0 Å². The zero-order chi connectivity index (χ0) is 13.9. The summed E-state index contributed by atoms with van der Waals surface area (Å²) < 4.78 is 14.8. The highest BCUT2D eigenvalue weighted by Crippen LogP contribution is 2.17. The number of fused-ring (bicyclic) bond motifs is 1. The van der Waals surface area contributed by atoms with E-state index in [1.54, 1.807) is 0 Å². The number of hydrogen-bond donors (Lipinski definition) is 1. The molecule has 3 nitrogen and oxygen atoms in total. The lowest BCUT2D eigenvalue weighted by Gasteiger charge is -2.23. The highest BCUT2D eigenvalue weighted by Gasteiger charge is 2.25. The van der Waals surface area contributed by atoms with Gasteiger partial charge in [0.15, 0.2) is 0 Å². The van der Waals surface area contributed by atoms with Gasteiger partial charge in [-0.25, -0.2) is 0 Å². The van der Waals surface area contributed by atoms with E-state index in [2.05, 4.69) is 15.8 Å². The van der Waals surface area contributed by atoms with Crippen molar-refractivity contribution >= 4 is 22.3 Å². The molecule has 0 aliphatic rings. The number of nitrogens with one attached hydrogen (secondary N) is 1. The predicted molar refractivity (Wildman–Crippen MR) is 81.3 cm³/mol. The van der Waals surface area contributed by atoms with Gasteiger partial charge in [-0.05, 0) is 44.9 Å². The maximum atomic E-state index is 11.9. The Kier molecular flexibility index (Phi) is 4.45. The fourth-order valence-electron chi connectivity index (χ4n) is 1.87. The van der Waals surface area contributed by atoms with Crippen LogP contribution in [0.25, 0.3) is 10.9 Å². The molecule has 0 unspecified atom stereocenters. The van der Waals surface area contributed by atoms with Gasteiger partial charge >= 0.3 is 0 Å². The first-order chi connectivity index (χ1) is 8.98. The van der Waals surface area contributed by atoms with Gasteiger partial charge < -0.3 is 4.55 Å². The van der Waals surface area contributed by atoms with E-state index in [1.165, 1.54) is 10.9 Å². The van der Waals surface area contributed by atoms with Gasteiger partial charge in [0.2, 0.25) is 0 Å². The Morgan fingerprint density at radius 3 is 2.68 bits per heavy atom. The third-order valence-electron chi connectivity index (χ3n) is 2.92. The average Bonchev–Trinajstić information content (AvgIpc) is 2.38. The molecule has 0 bridgehead atoms. The zero-order valence-electron chi connectivity index (χ0n) is 11.6. The van der Waals surface area contributed by atoms with E-state index < -0.39 is 11.4 Å². The van der Waals surface area contributed by atoms with Crippen LogP contribution >= 0.6 is 0 Å². The monoisotopic (exact) mass is 276 g/mol. The van der Waals surface area contributed by atoms with Gasteiger partial charge in [-0.1, -0.05) is 18.2 Å². The van der Waals surface area contributed by atoms with Crippen molar-refractivity contribution in [1.82, 2.24) is 9.71 Å². The molecule has 1 atom stereocenters. The van der Waals surface area contributed by atoms with E-state index in [0.717, 1.165) is 11.9 Å². The van der Waals surface area contributed by atoms with Crippen LogP contribution < -0.4 is 4.72 Å². The topological polar surface area (TPSA) is 48.0 Å². The Morgan fingerprint density at radius 1 is 1.21 bits per heavy atom. The quantitative estimate of drug-likeness (QED) is 0.874. The van der Waals surface area contributed by atoms with Crippen molar-refractivity contribution in [3.8, 4) is 0 Å². The first-order valence-electron chi connectivity index (χ1n) is 6.46. The van der Waals surface area contributed by atoms with Gasteiger partial charge in [-0.15, -0.1) is 4.72 Å². The van der Waals surface area contributed by atoms with Gasteiger partial charge in [0.1, 0.15) is 4.75 Å². The summed E-state index contributed by atoms with van der Waals surface area (Å²) in [5.74, 6) is 0. The third-order valence-corrected chi connectivity index (χ3v) is 4.50. The lowest BCUT2D eigenvalue weighted by atomic mass is 10.1. The maximum Gasteiger partial charge on any atom is 0.136 e. The second kappa shape index (κ2) is 5.90. The summed E-state index contributed by atoms with van der Waals surface area (Å²) >= 11 is -1.01. The number of hydrogen-bond acceptors (Lipinski definition) is 3. The predicted octanol–water partition coefficient (Wildman–Crippen LogP) is 2.83. The van der Waals surface area contributed by atoms with Crippen molar-refractivity contribution in [2.45, 2.75) is 31.9 Å². The minimum Gasteiger partial charge on any atom is -0.598 e. The standard InChI is InChI=1S/C15H20N2OS/c1-15(2,3)19(18)17-11-9-12-8-10-16-14-7-5-4-6-13(12)14/h4-8,10,17H,9,11H2,1-3H3/t19-/m1/s1. The molecule has 0 aliphatic carbocycles. The summed E-state index contributed by atoms with van der Waals surface area (Å²) in [5.41, 5.74) is 2.25. The van der Waals surface area contributed by atoms with Crippen molar-refractivity contribution < 1.29 is 4.55 Å². The molecule has 0 fully saturated rings. The molecule has 0 spiro atoms. The molecule has 0 saturated carbocycles. The first kappa shape index (κ1) is 14.3. The second-order valence-electron chi connectivity index (χ2n) is 5.51. The van der Waals surface area contributed by atoms with Crippen molar-refractivity contribution in [3.05, 3.63) is 42.1 Å². The summed E-state index contributed by atoms with van der Waals surface area (Å²) in [4.78, 5) is 4.34. The van der Waals surface area contributed by atoms with Crippen molar-refractivity contribution in [2.75, 3.05) is 6.54 Å². The highest BCUT2D eigenvalue weighted by molar-refractivity contribution is 7.90. The van der Waals surface area contributed by atoms with E-state index in [0.29, 0.717) is 6.54 Å². The van der Waals surface area contributed by atoms with E-state index in [4.69, 9.17) is 0 Å². The van der Waals surface area contributed by atoms with E-state index >= 15 is 0 Å². The zero-order valence-corrected chi connectivity index (χ0v) is 12.5. The normalized spacial score (nSPS) is 13.7. The Labute approximate surface area is 117 Å². The lowest BCUT2D eigenvalue weighted by Crippen LogP contribution is -2.40. The van der Waals surface area contributed by atoms with Gasteiger partial charge in [-0.2, -0.15) is 0 Å². The highest BCUT2D eigenvalue weighted by atomic mass is 32.2. The number of nitrogens with zero attached hydrogens (tertiary/aromatic N) is 1. The number of aromatic nitrogens is 1. The largest absolute Gasteiger partial charge is 0.598 e. The number of pyridine rings is 1. The van der Waals surface area contributed by atoms with Gasteiger partial charge in [0, 0.05) is 29.5 Å². The molecule has 0 radical (unpaired) electrons. The lowest BCUT2D eigenvalue weighted by molar-refractivity contribution is 0.544. The van der Waals surface area contributed by atoms with Gasteiger partial charge in [0.05, 0.1) is 5.52 Å². The summed E-state index contributed by atoms with van der Waals surface area (Å²) in [6.07, 6.45) is 2.68. The van der Waals surface area contributed by atoms with Crippen molar-refractivity contribution in [2.24, 2.45) is 0 Å². The number of para-hydroxylation sites is 1. The molecule has 0 aliphatic heterocycles. The molecule has 19 heavy (non-hydrogen) atoms. The molecule has 102 valence electrons. The maximum absolute atomic E-state index is 11.9. The smallest absolute Gasteiger partial charge is 0.136 e. The number of benzene rings is 1. The summed E-state index contributed by atoms with van der Waals surface area (Å²) in [6, 6.07) is 10.1. The molecule has 1 aromatic heterocycles. The molecule has 2 aromatic rings. The molecule has 1 aromatic carbocycles. The minimum absolute atomic E-state index is 0.222. The Morgan fingerprint density at radius 2 is 1.95 bits per heavy atom. The van der Waals surface area contributed by atoms with Gasteiger partial charge in [-0.3, -0.25) is 4.98 Å². The SMILES string of the molecule is CC(C)(C)[S@@+]([O-])NCCc1ccnc2ccccc12. The fourth-order valence-corrected chi connectivity index (χ4v) is 2.59. The summed E-state index contributed by atoms with van der Waals surface area (Å²) in [5, 5.41) is 1.17. The molecule has 0 saturated heterocycles.